The minimum Gasteiger partial charge on any atom is -0.366 e. The summed E-state index contributed by atoms with van der Waals surface area (Å²) in [6.45, 7) is 0.490. The number of hydrogen-bond donors (Lipinski definition) is 1. The predicted octanol–water partition coefficient (Wildman–Crippen LogP) is 3.12. The van der Waals surface area contributed by atoms with Crippen molar-refractivity contribution in [3.8, 4) is 0 Å². The van der Waals surface area contributed by atoms with Gasteiger partial charge in [0.2, 0.25) is 5.91 Å². The Morgan fingerprint density at radius 2 is 1.95 bits per heavy atom. The van der Waals surface area contributed by atoms with Crippen molar-refractivity contribution in [3.05, 3.63) is 57.7 Å². The van der Waals surface area contributed by atoms with Crippen LogP contribution < -0.4 is 10.6 Å². The average Bonchev–Trinajstić information content (AvgIpc) is 2.41. The average molecular weight is 310 g/mol. The second kappa shape index (κ2) is 6.11. The van der Waals surface area contributed by atoms with Crippen LogP contribution in [0.4, 0.5) is 5.82 Å². The minimum atomic E-state index is -0.500. The molecule has 0 spiro atoms. The van der Waals surface area contributed by atoms with E-state index >= 15 is 0 Å². The van der Waals surface area contributed by atoms with Crippen molar-refractivity contribution in [2.45, 2.75) is 6.54 Å². The van der Waals surface area contributed by atoms with E-state index in [9.17, 15) is 4.79 Å². The van der Waals surface area contributed by atoms with E-state index in [4.69, 9.17) is 28.9 Å². The molecule has 1 heterocycles. The number of primary amides is 1. The van der Waals surface area contributed by atoms with Crippen LogP contribution in [0, 0.1) is 0 Å². The molecule has 1 aromatic heterocycles. The smallest absolute Gasteiger partial charge is 0.249 e. The van der Waals surface area contributed by atoms with Gasteiger partial charge in [0.15, 0.2) is 0 Å². The summed E-state index contributed by atoms with van der Waals surface area (Å²) in [4.78, 5) is 17.6. The molecule has 0 fully saturated rings. The van der Waals surface area contributed by atoms with E-state index in [-0.39, 0.29) is 0 Å². The van der Waals surface area contributed by atoms with E-state index in [0.717, 1.165) is 11.4 Å². The van der Waals surface area contributed by atoms with Gasteiger partial charge in [-0.2, -0.15) is 0 Å². The number of anilines is 1. The third-order valence-electron chi connectivity index (χ3n) is 2.85. The maximum atomic E-state index is 11.4. The molecule has 0 aliphatic rings. The second-order valence-electron chi connectivity index (χ2n) is 4.36. The summed E-state index contributed by atoms with van der Waals surface area (Å²) < 4.78 is 0. The van der Waals surface area contributed by atoms with Crippen LogP contribution in [0.3, 0.4) is 0 Å². The van der Waals surface area contributed by atoms with Crippen LogP contribution in [0.25, 0.3) is 0 Å². The number of halogens is 2. The lowest BCUT2D eigenvalue weighted by atomic mass is 10.1. The van der Waals surface area contributed by atoms with E-state index in [0.29, 0.717) is 22.2 Å². The Kier molecular flexibility index (Phi) is 4.47. The van der Waals surface area contributed by atoms with Crippen LogP contribution in [0.5, 0.6) is 0 Å². The Bertz CT molecular complexity index is 629. The van der Waals surface area contributed by atoms with Crippen LogP contribution in [-0.2, 0) is 6.54 Å². The fourth-order valence-corrected chi connectivity index (χ4v) is 2.13. The molecule has 0 aliphatic carbocycles. The molecule has 2 N–H and O–H groups in total. The van der Waals surface area contributed by atoms with Crippen molar-refractivity contribution in [2.24, 2.45) is 5.73 Å². The van der Waals surface area contributed by atoms with E-state index in [1.54, 1.807) is 30.5 Å². The van der Waals surface area contributed by atoms with Crippen LogP contribution in [0.15, 0.2) is 36.5 Å². The van der Waals surface area contributed by atoms with Crippen molar-refractivity contribution in [2.75, 3.05) is 11.9 Å². The molecule has 2 aromatic rings. The largest absolute Gasteiger partial charge is 0.366 e. The zero-order valence-electron chi connectivity index (χ0n) is 10.8. The van der Waals surface area contributed by atoms with Crippen molar-refractivity contribution in [1.82, 2.24) is 4.98 Å². The van der Waals surface area contributed by atoms with Gasteiger partial charge < -0.3 is 10.6 Å². The number of amides is 1. The first-order valence-corrected chi connectivity index (χ1v) is 6.64. The number of hydrogen-bond acceptors (Lipinski definition) is 3. The van der Waals surface area contributed by atoms with Gasteiger partial charge in [-0.3, -0.25) is 4.79 Å². The van der Waals surface area contributed by atoms with Gasteiger partial charge >= 0.3 is 0 Å². The summed E-state index contributed by atoms with van der Waals surface area (Å²) in [5.74, 6) is 0.250. The van der Waals surface area contributed by atoms with Gasteiger partial charge in [-0.25, -0.2) is 4.98 Å². The number of carbonyl (C=O) groups is 1. The summed E-state index contributed by atoms with van der Waals surface area (Å²) in [7, 11) is 1.87. The molecule has 0 aliphatic heterocycles. The minimum absolute atomic E-state index is 0.415. The Labute approximate surface area is 127 Å². The summed E-state index contributed by atoms with van der Waals surface area (Å²) in [5.41, 5.74) is 6.58. The molecule has 0 unspecified atom stereocenters. The van der Waals surface area contributed by atoms with Gasteiger partial charge in [0.25, 0.3) is 0 Å². The molecule has 0 radical (unpaired) electrons. The number of nitrogens with zero attached hydrogens (tertiary/aromatic N) is 2. The van der Waals surface area contributed by atoms with E-state index in [1.165, 1.54) is 0 Å². The molecule has 0 atom stereocenters. The number of benzene rings is 1. The standard InChI is InChI=1S/C14H13Cl2N3O/c1-19(13-5-4-11(16)7-18-13)8-9-2-3-10(15)6-12(9)14(17)20/h2-7H,8H2,1H3,(H2,17,20). The molecule has 1 amide bonds. The summed E-state index contributed by atoms with van der Waals surface area (Å²) >= 11 is 11.7. The number of rotatable bonds is 4. The summed E-state index contributed by atoms with van der Waals surface area (Å²) in [6.07, 6.45) is 1.57. The number of pyridine rings is 1. The lowest BCUT2D eigenvalue weighted by Crippen LogP contribution is -2.21. The Morgan fingerprint density at radius 1 is 1.25 bits per heavy atom. The molecule has 0 bridgehead atoms. The van der Waals surface area contributed by atoms with Crippen molar-refractivity contribution >= 4 is 34.9 Å². The van der Waals surface area contributed by atoms with E-state index in [1.807, 2.05) is 18.0 Å². The third kappa shape index (κ3) is 3.40. The molecular formula is C14H13Cl2N3O. The number of nitrogens with two attached hydrogens (primary N) is 1. The fourth-order valence-electron chi connectivity index (χ4n) is 1.85. The van der Waals surface area contributed by atoms with Gasteiger partial charge in [0, 0.05) is 30.4 Å². The highest BCUT2D eigenvalue weighted by Crippen LogP contribution is 2.20. The van der Waals surface area contributed by atoms with Crippen molar-refractivity contribution < 1.29 is 4.79 Å². The molecule has 6 heteroatoms. The molecule has 104 valence electrons. The highest BCUT2D eigenvalue weighted by atomic mass is 35.5. The monoisotopic (exact) mass is 309 g/mol. The number of carbonyl (C=O) groups excluding carboxylic acids is 1. The normalized spacial score (nSPS) is 10.3. The van der Waals surface area contributed by atoms with Crippen LogP contribution in [0.2, 0.25) is 10.0 Å². The second-order valence-corrected chi connectivity index (χ2v) is 5.23. The highest BCUT2D eigenvalue weighted by molar-refractivity contribution is 6.31. The molecule has 4 nitrogen and oxygen atoms in total. The van der Waals surface area contributed by atoms with Gasteiger partial charge in [0.05, 0.1) is 5.02 Å². The van der Waals surface area contributed by atoms with Gasteiger partial charge in [-0.1, -0.05) is 29.3 Å². The van der Waals surface area contributed by atoms with Crippen molar-refractivity contribution in [1.29, 1.82) is 0 Å². The van der Waals surface area contributed by atoms with E-state index in [2.05, 4.69) is 4.98 Å². The van der Waals surface area contributed by atoms with Gasteiger partial charge in [-0.05, 0) is 29.8 Å². The Hall–Kier alpha value is -1.78. The third-order valence-corrected chi connectivity index (χ3v) is 3.31. The zero-order valence-corrected chi connectivity index (χ0v) is 12.3. The molecule has 0 saturated heterocycles. The molecule has 0 saturated carbocycles. The predicted molar refractivity (Wildman–Crippen MR) is 81.3 cm³/mol. The summed E-state index contributed by atoms with van der Waals surface area (Å²) in [5, 5.41) is 1.06. The Morgan fingerprint density at radius 3 is 2.55 bits per heavy atom. The first-order valence-electron chi connectivity index (χ1n) is 5.88. The van der Waals surface area contributed by atoms with Crippen LogP contribution in [0.1, 0.15) is 15.9 Å². The van der Waals surface area contributed by atoms with Gasteiger partial charge in [0.1, 0.15) is 5.82 Å². The zero-order chi connectivity index (χ0) is 14.7. The quantitative estimate of drug-likeness (QED) is 0.944. The maximum absolute atomic E-state index is 11.4. The molecule has 20 heavy (non-hydrogen) atoms. The lowest BCUT2D eigenvalue weighted by molar-refractivity contribution is 0.0999. The van der Waals surface area contributed by atoms with Crippen LogP contribution >= 0.6 is 23.2 Å². The fraction of sp³-hybridized carbons (Fsp3) is 0.143. The molecular weight excluding hydrogens is 297 g/mol. The maximum Gasteiger partial charge on any atom is 0.249 e. The topological polar surface area (TPSA) is 59.2 Å². The Balaban J connectivity index is 2.25. The number of aromatic nitrogens is 1. The lowest BCUT2D eigenvalue weighted by Gasteiger charge is -2.19. The molecule has 2 rings (SSSR count). The van der Waals surface area contributed by atoms with E-state index < -0.39 is 5.91 Å². The first kappa shape index (κ1) is 14.6. The van der Waals surface area contributed by atoms with Gasteiger partial charge in [-0.15, -0.1) is 0 Å². The highest BCUT2D eigenvalue weighted by Gasteiger charge is 2.12. The SMILES string of the molecule is CN(Cc1ccc(Cl)cc1C(N)=O)c1ccc(Cl)cn1. The first-order chi connectivity index (χ1) is 9.47. The summed E-state index contributed by atoms with van der Waals surface area (Å²) in [6, 6.07) is 8.66. The van der Waals surface area contributed by atoms with Crippen LogP contribution in [-0.4, -0.2) is 17.9 Å². The van der Waals surface area contributed by atoms with Crippen molar-refractivity contribution in [3.63, 3.8) is 0 Å². The molecule has 1 aromatic carbocycles.